The van der Waals surface area contributed by atoms with E-state index in [0.717, 1.165) is 37.0 Å². The molecule has 1 aliphatic carbocycles. The highest BCUT2D eigenvalue weighted by atomic mass is 16.5. The zero-order valence-corrected chi connectivity index (χ0v) is 21.2. The number of nitrogens with zero attached hydrogens (tertiary/aromatic N) is 2. The minimum Gasteiger partial charge on any atom is -0.481 e. The quantitative estimate of drug-likeness (QED) is 0.249. The van der Waals surface area contributed by atoms with Crippen LogP contribution >= 0.6 is 0 Å². The summed E-state index contributed by atoms with van der Waals surface area (Å²) in [5.41, 5.74) is 6.29. The lowest BCUT2D eigenvalue weighted by atomic mass is 9.98. The van der Waals surface area contributed by atoms with Gasteiger partial charge in [-0.25, -0.2) is 0 Å². The molecule has 4 amide bonds. The van der Waals surface area contributed by atoms with Crippen LogP contribution in [0.25, 0.3) is 0 Å². The lowest BCUT2D eigenvalue weighted by Crippen LogP contribution is -2.60. The first kappa shape index (κ1) is 28.6. The first-order valence-electron chi connectivity index (χ1n) is 12.8. The summed E-state index contributed by atoms with van der Waals surface area (Å²) >= 11 is 0. The monoisotopic (exact) mass is 530 g/mol. The Balaban J connectivity index is 1.68. The number of nitrogens with one attached hydrogen (secondary N) is 1. The summed E-state index contributed by atoms with van der Waals surface area (Å²) in [7, 11) is 0. The van der Waals surface area contributed by atoms with Gasteiger partial charge in [0.15, 0.2) is 0 Å². The van der Waals surface area contributed by atoms with Crippen molar-refractivity contribution >= 4 is 35.6 Å². The van der Waals surface area contributed by atoms with Crippen LogP contribution in [0.15, 0.2) is 30.3 Å². The van der Waals surface area contributed by atoms with Gasteiger partial charge in [0.1, 0.15) is 24.6 Å². The molecule has 206 valence electrons. The largest absolute Gasteiger partial charge is 0.481 e. The van der Waals surface area contributed by atoms with Crippen LogP contribution in [0, 0.1) is 0 Å². The van der Waals surface area contributed by atoms with E-state index >= 15 is 0 Å². The molecule has 12 nitrogen and oxygen atoms in total. The van der Waals surface area contributed by atoms with Gasteiger partial charge in [-0.05, 0) is 31.2 Å². The van der Waals surface area contributed by atoms with E-state index in [1.54, 1.807) is 30.3 Å². The molecule has 2 fully saturated rings. The second kappa shape index (κ2) is 13.5. The summed E-state index contributed by atoms with van der Waals surface area (Å²) in [4.78, 5) is 76.4. The number of amides is 4. The topological polar surface area (TPSA) is 176 Å². The molecular weight excluding hydrogens is 496 g/mol. The molecule has 1 aromatic rings. The summed E-state index contributed by atoms with van der Waals surface area (Å²) in [6.45, 7) is -0.705. The van der Waals surface area contributed by atoms with Gasteiger partial charge >= 0.3 is 11.9 Å². The average molecular weight is 531 g/mol. The molecule has 0 aromatic heterocycles. The molecule has 0 radical (unpaired) electrons. The summed E-state index contributed by atoms with van der Waals surface area (Å²) in [6, 6.07) is 6.48. The predicted molar refractivity (Wildman–Crippen MR) is 133 cm³/mol. The number of primary amides is 1. The molecule has 4 N–H and O–H groups in total. The van der Waals surface area contributed by atoms with Crippen LogP contribution in [0.4, 0.5) is 0 Å². The first-order chi connectivity index (χ1) is 18.1. The number of hydrogen-bond acceptors (Lipinski definition) is 7. The van der Waals surface area contributed by atoms with Gasteiger partial charge in [0.05, 0.1) is 13.0 Å². The Morgan fingerprint density at radius 2 is 1.79 bits per heavy atom. The Labute approximate surface area is 220 Å². The van der Waals surface area contributed by atoms with Crippen molar-refractivity contribution < 1.29 is 38.6 Å². The summed E-state index contributed by atoms with van der Waals surface area (Å²) in [5, 5.41) is 11.7. The third-order valence-electron chi connectivity index (χ3n) is 6.71. The van der Waals surface area contributed by atoms with Gasteiger partial charge in [0.2, 0.25) is 23.6 Å². The number of carboxylic acid groups (broad SMARTS) is 1. The van der Waals surface area contributed by atoms with E-state index in [1.165, 1.54) is 4.90 Å². The van der Waals surface area contributed by atoms with Crippen molar-refractivity contribution in [1.82, 2.24) is 15.1 Å². The summed E-state index contributed by atoms with van der Waals surface area (Å²) in [5.74, 6) is -4.66. The molecule has 1 heterocycles. The number of aliphatic carboxylic acids is 1. The van der Waals surface area contributed by atoms with Crippen molar-refractivity contribution in [3.8, 4) is 0 Å². The van der Waals surface area contributed by atoms with Crippen molar-refractivity contribution in [1.29, 1.82) is 0 Å². The molecule has 0 spiro atoms. The normalized spacial score (nSPS) is 18.8. The zero-order valence-electron chi connectivity index (χ0n) is 21.2. The third-order valence-corrected chi connectivity index (χ3v) is 6.71. The maximum atomic E-state index is 13.1. The Morgan fingerprint density at radius 1 is 1.11 bits per heavy atom. The van der Waals surface area contributed by atoms with Gasteiger partial charge in [-0.1, -0.05) is 36.8 Å². The standard InChI is InChI=1S/C26H34N4O8/c27-25(36)20(13-17-7-3-1-4-8-17)30(22(32)15-23(33)34)12-11-29-16-21(31)28-19(26(29)37)14-24(35)38-18-9-5-2-6-10-18/h1,3-4,7-8,18-20H,2,5-6,9-16H2,(H2,27,36)(H,28,31)(H,33,34)/t19-,20-/m0/s1. The van der Waals surface area contributed by atoms with Crippen LogP contribution in [0.3, 0.4) is 0 Å². The van der Waals surface area contributed by atoms with Crippen LogP contribution in [-0.4, -0.2) is 88.3 Å². The number of rotatable bonds is 12. The molecule has 2 aliphatic rings. The van der Waals surface area contributed by atoms with E-state index in [-0.39, 0.29) is 38.6 Å². The van der Waals surface area contributed by atoms with Crippen LogP contribution in [0.2, 0.25) is 0 Å². The molecule has 1 aliphatic heterocycles. The molecule has 3 rings (SSSR count). The average Bonchev–Trinajstić information content (AvgIpc) is 2.86. The number of carboxylic acids is 1. The lowest BCUT2D eigenvalue weighted by Gasteiger charge is -2.35. The van der Waals surface area contributed by atoms with Gasteiger partial charge in [-0.15, -0.1) is 0 Å². The van der Waals surface area contributed by atoms with Crippen molar-refractivity contribution in [3.63, 3.8) is 0 Å². The number of benzene rings is 1. The lowest BCUT2D eigenvalue weighted by molar-refractivity contribution is -0.155. The number of carbonyl (C=O) groups is 6. The molecule has 1 saturated heterocycles. The van der Waals surface area contributed by atoms with Crippen molar-refractivity contribution in [3.05, 3.63) is 35.9 Å². The van der Waals surface area contributed by atoms with E-state index in [1.807, 2.05) is 0 Å². The smallest absolute Gasteiger partial charge is 0.312 e. The molecule has 1 saturated carbocycles. The van der Waals surface area contributed by atoms with E-state index in [4.69, 9.17) is 15.6 Å². The Hall–Kier alpha value is -3.96. The molecule has 38 heavy (non-hydrogen) atoms. The van der Waals surface area contributed by atoms with E-state index < -0.39 is 54.1 Å². The summed E-state index contributed by atoms with van der Waals surface area (Å²) in [6.07, 6.45) is 3.24. The number of nitrogens with two attached hydrogens (primary N) is 1. The molecular formula is C26H34N4O8. The molecule has 1 aromatic carbocycles. The van der Waals surface area contributed by atoms with Gasteiger partial charge in [0, 0.05) is 19.5 Å². The van der Waals surface area contributed by atoms with Crippen molar-refractivity contribution in [2.45, 2.75) is 69.6 Å². The fourth-order valence-corrected chi connectivity index (χ4v) is 4.80. The predicted octanol–water partition coefficient (Wildman–Crippen LogP) is -0.0207. The Bertz CT molecular complexity index is 1040. The Kier molecular flexibility index (Phi) is 10.2. The van der Waals surface area contributed by atoms with Gasteiger partial charge in [-0.2, -0.15) is 0 Å². The number of carbonyl (C=O) groups excluding carboxylic acids is 5. The van der Waals surface area contributed by atoms with Gasteiger partial charge in [-0.3, -0.25) is 28.8 Å². The molecule has 0 bridgehead atoms. The van der Waals surface area contributed by atoms with Gasteiger partial charge < -0.3 is 30.7 Å². The summed E-state index contributed by atoms with van der Waals surface area (Å²) < 4.78 is 5.47. The van der Waals surface area contributed by atoms with E-state index in [0.29, 0.717) is 5.56 Å². The number of esters is 1. The fraction of sp³-hybridized carbons (Fsp3) is 0.538. The highest BCUT2D eigenvalue weighted by molar-refractivity contribution is 5.97. The van der Waals surface area contributed by atoms with Crippen molar-refractivity contribution in [2.24, 2.45) is 5.73 Å². The maximum Gasteiger partial charge on any atom is 0.312 e. The second-order valence-electron chi connectivity index (χ2n) is 9.60. The fourth-order valence-electron chi connectivity index (χ4n) is 4.80. The molecule has 12 heteroatoms. The van der Waals surface area contributed by atoms with Crippen molar-refractivity contribution in [2.75, 3.05) is 19.6 Å². The van der Waals surface area contributed by atoms with Crippen LogP contribution in [0.5, 0.6) is 0 Å². The molecule has 0 unspecified atom stereocenters. The second-order valence-corrected chi connectivity index (χ2v) is 9.60. The Morgan fingerprint density at radius 3 is 2.42 bits per heavy atom. The highest BCUT2D eigenvalue weighted by Gasteiger charge is 2.36. The first-order valence-corrected chi connectivity index (χ1v) is 12.8. The molecule has 2 atom stereocenters. The SMILES string of the molecule is NC(=O)[C@H](Cc1ccccc1)N(CCN1CC(=O)N[C@@H](CC(=O)OC2CCCCC2)C1=O)C(=O)CC(=O)O. The minimum absolute atomic E-state index is 0.0472. The van der Waals surface area contributed by atoms with Crippen LogP contribution < -0.4 is 11.1 Å². The van der Waals surface area contributed by atoms with Crippen LogP contribution in [0.1, 0.15) is 50.5 Å². The number of ether oxygens (including phenoxy) is 1. The number of piperazine rings is 1. The third kappa shape index (κ3) is 8.29. The number of hydrogen-bond donors (Lipinski definition) is 3. The van der Waals surface area contributed by atoms with Crippen LogP contribution in [-0.2, 0) is 39.9 Å². The minimum atomic E-state index is -1.38. The maximum absolute atomic E-state index is 13.1. The van der Waals surface area contributed by atoms with Gasteiger partial charge in [0.25, 0.3) is 0 Å². The zero-order chi connectivity index (χ0) is 27.7. The van der Waals surface area contributed by atoms with E-state index in [9.17, 15) is 28.8 Å². The van der Waals surface area contributed by atoms with E-state index in [2.05, 4.69) is 5.32 Å². The highest BCUT2D eigenvalue weighted by Crippen LogP contribution is 2.21.